The van der Waals surface area contributed by atoms with E-state index in [0.29, 0.717) is 19.6 Å². The van der Waals surface area contributed by atoms with Crippen LogP contribution in [0.2, 0.25) is 0 Å². The molecule has 1 amide bonds. The number of hydrogen-bond acceptors (Lipinski definition) is 4. The predicted octanol–water partition coefficient (Wildman–Crippen LogP) is 2.37. The van der Waals surface area contributed by atoms with Crippen LogP contribution in [0.25, 0.3) is 0 Å². The first-order valence-corrected chi connectivity index (χ1v) is 7.44. The first-order valence-electron chi connectivity index (χ1n) is 7.44. The van der Waals surface area contributed by atoms with Gasteiger partial charge in [-0.2, -0.15) is 0 Å². The van der Waals surface area contributed by atoms with Crippen LogP contribution in [-0.2, 0) is 11.2 Å². The van der Waals surface area contributed by atoms with Gasteiger partial charge in [0.15, 0.2) is 0 Å². The van der Waals surface area contributed by atoms with E-state index in [-0.39, 0.29) is 30.7 Å². The van der Waals surface area contributed by atoms with Gasteiger partial charge in [-0.15, -0.1) is 24.8 Å². The van der Waals surface area contributed by atoms with Crippen LogP contribution in [0.15, 0.2) is 54.9 Å². The highest BCUT2D eigenvalue weighted by atomic mass is 35.5. The molecule has 0 aliphatic heterocycles. The molecule has 0 aliphatic carbocycles. The number of anilines is 1. The monoisotopic (exact) mass is 370 g/mol. The van der Waals surface area contributed by atoms with Crippen molar-refractivity contribution in [1.82, 2.24) is 9.88 Å². The van der Waals surface area contributed by atoms with Crippen LogP contribution >= 0.6 is 24.8 Å². The second-order valence-corrected chi connectivity index (χ2v) is 5.08. The Morgan fingerprint density at radius 2 is 1.71 bits per heavy atom. The van der Waals surface area contributed by atoms with Crippen molar-refractivity contribution in [2.75, 3.05) is 31.5 Å². The van der Waals surface area contributed by atoms with Gasteiger partial charge in [-0.1, -0.05) is 30.3 Å². The zero-order valence-electron chi connectivity index (χ0n) is 13.4. The summed E-state index contributed by atoms with van der Waals surface area (Å²) in [5, 5.41) is 2.87. The molecule has 5 nitrogen and oxygen atoms in total. The summed E-state index contributed by atoms with van der Waals surface area (Å²) in [6.07, 6.45) is 4.22. The van der Waals surface area contributed by atoms with Crippen LogP contribution in [0.1, 0.15) is 5.56 Å². The molecule has 1 aromatic carbocycles. The fraction of sp³-hybridized carbons (Fsp3) is 0.294. The molecule has 0 saturated heterocycles. The summed E-state index contributed by atoms with van der Waals surface area (Å²) in [7, 11) is 0. The molecule has 1 aromatic heterocycles. The smallest absolute Gasteiger partial charge is 0.238 e. The lowest BCUT2D eigenvalue weighted by Crippen LogP contribution is -2.37. The number of nitrogens with two attached hydrogens (primary N) is 1. The molecule has 1 heterocycles. The molecule has 0 unspecified atom stereocenters. The van der Waals surface area contributed by atoms with Crippen molar-refractivity contribution in [3.05, 3.63) is 60.4 Å². The number of hydrogen-bond donors (Lipinski definition) is 2. The highest BCUT2D eigenvalue weighted by Gasteiger charge is 2.10. The van der Waals surface area contributed by atoms with Gasteiger partial charge in [0.25, 0.3) is 0 Å². The predicted molar refractivity (Wildman–Crippen MR) is 103 cm³/mol. The average molecular weight is 371 g/mol. The highest BCUT2D eigenvalue weighted by molar-refractivity contribution is 5.92. The minimum absolute atomic E-state index is 0. The summed E-state index contributed by atoms with van der Waals surface area (Å²) in [5.74, 6) is -0.0345. The Balaban J connectivity index is 0.00000264. The van der Waals surface area contributed by atoms with E-state index in [0.717, 1.165) is 18.7 Å². The van der Waals surface area contributed by atoms with E-state index in [1.54, 1.807) is 24.5 Å². The molecule has 0 atom stereocenters. The summed E-state index contributed by atoms with van der Waals surface area (Å²) in [6, 6.07) is 13.8. The van der Waals surface area contributed by atoms with E-state index >= 15 is 0 Å². The molecule has 0 radical (unpaired) electrons. The van der Waals surface area contributed by atoms with Crippen LogP contribution < -0.4 is 11.1 Å². The minimum Gasteiger partial charge on any atom is -0.329 e. The Labute approximate surface area is 155 Å². The standard InChI is InChI=1S/C17H22N4O.2ClH/c18-9-13-21(12-8-15-4-2-1-3-5-15)14-17(22)20-16-6-10-19-11-7-16;;/h1-7,10-11H,8-9,12-14,18H2,(H,19,20,22);2*1H. The van der Waals surface area contributed by atoms with E-state index in [4.69, 9.17) is 5.73 Å². The van der Waals surface area contributed by atoms with E-state index < -0.39 is 0 Å². The largest absolute Gasteiger partial charge is 0.329 e. The molecule has 3 N–H and O–H groups in total. The van der Waals surface area contributed by atoms with Gasteiger partial charge in [0.05, 0.1) is 6.54 Å². The number of amides is 1. The van der Waals surface area contributed by atoms with Gasteiger partial charge >= 0.3 is 0 Å². The molecule has 0 fully saturated rings. The van der Waals surface area contributed by atoms with Gasteiger partial charge in [-0.25, -0.2) is 0 Å². The van der Waals surface area contributed by atoms with Crippen LogP contribution in [0.3, 0.4) is 0 Å². The van der Waals surface area contributed by atoms with Gasteiger partial charge in [0, 0.05) is 37.7 Å². The molecule has 2 rings (SSSR count). The Morgan fingerprint density at radius 1 is 1.04 bits per heavy atom. The van der Waals surface area contributed by atoms with Crippen molar-refractivity contribution in [3.8, 4) is 0 Å². The molecule has 0 bridgehead atoms. The van der Waals surface area contributed by atoms with Crippen LogP contribution in [-0.4, -0.2) is 42.0 Å². The lowest BCUT2D eigenvalue weighted by atomic mass is 10.1. The molecule has 0 aliphatic rings. The fourth-order valence-electron chi connectivity index (χ4n) is 2.22. The SMILES string of the molecule is Cl.Cl.NCCN(CCc1ccccc1)CC(=O)Nc1ccncc1. The van der Waals surface area contributed by atoms with Crippen molar-refractivity contribution in [3.63, 3.8) is 0 Å². The maximum Gasteiger partial charge on any atom is 0.238 e. The van der Waals surface area contributed by atoms with E-state index in [9.17, 15) is 4.79 Å². The van der Waals surface area contributed by atoms with Crippen molar-refractivity contribution < 1.29 is 4.79 Å². The summed E-state index contributed by atoms with van der Waals surface area (Å²) in [4.78, 5) is 18.1. The van der Waals surface area contributed by atoms with Gasteiger partial charge in [0.1, 0.15) is 0 Å². The Morgan fingerprint density at radius 3 is 2.33 bits per heavy atom. The Kier molecular flexibility index (Phi) is 11.8. The average Bonchev–Trinajstić information content (AvgIpc) is 2.55. The van der Waals surface area contributed by atoms with Crippen molar-refractivity contribution >= 4 is 36.4 Å². The number of nitrogens with zero attached hydrogens (tertiary/aromatic N) is 2. The first-order chi connectivity index (χ1) is 10.8. The molecule has 24 heavy (non-hydrogen) atoms. The van der Waals surface area contributed by atoms with Crippen LogP contribution in [0, 0.1) is 0 Å². The van der Waals surface area contributed by atoms with Crippen molar-refractivity contribution in [2.24, 2.45) is 5.73 Å². The highest BCUT2D eigenvalue weighted by Crippen LogP contribution is 2.04. The fourth-order valence-corrected chi connectivity index (χ4v) is 2.22. The number of aromatic nitrogens is 1. The van der Waals surface area contributed by atoms with Crippen LogP contribution in [0.4, 0.5) is 5.69 Å². The summed E-state index contributed by atoms with van der Waals surface area (Å²) >= 11 is 0. The quantitative estimate of drug-likeness (QED) is 0.748. The number of halogens is 2. The third-order valence-corrected chi connectivity index (χ3v) is 3.34. The van der Waals surface area contributed by atoms with Gasteiger partial charge in [0.2, 0.25) is 5.91 Å². The lowest BCUT2D eigenvalue weighted by Gasteiger charge is -2.21. The molecular formula is C17H24Cl2N4O. The Hall–Kier alpha value is -1.66. The molecule has 0 spiro atoms. The van der Waals surface area contributed by atoms with E-state index in [1.165, 1.54) is 5.56 Å². The lowest BCUT2D eigenvalue weighted by molar-refractivity contribution is -0.117. The number of pyridine rings is 1. The van der Waals surface area contributed by atoms with Gasteiger partial charge in [-0.05, 0) is 24.1 Å². The third kappa shape index (κ3) is 8.26. The van der Waals surface area contributed by atoms with Gasteiger partial charge in [-0.3, -0.25) is 14.7 Å². The van der Waals surface area contributed by atoms with E-state index in [2.05, 4.69) is 27.3 Å². The second-order valence-electron chi connectivity index (χ2n) is 5.08. The summed E-state index contributed by atoms with van der Waals surface area (Å²) < 4.78 is 0. The summed E-state index contributed by atoms with van der Waals surface area (Å²) in [6.45, 7) is 2.39. The minimum atomic E-state index is -0.0345. The maximum atomic E-state index is 12.1. The molecular weight excluding hydrogens is 347 g/mol. The van der Waals surface area contributed by atoms with Crippen molar-refractivity contribution in [2.45, 2.75) is 6.42 Å². The van der Waals surface area contributed by atoms with Gasteiger partial charge < -0.3 is 11.1 Å². The Bertz CT molecular complexity index is 569. The zero-order chi connectivity index (χ0) is 15.6. The number of carbonyl (C=O) groups excluding carboxylic acids is 1. The normalized spacial score (nSPS) is 9.75. The topological polar surface area (TPSA) is 71.2 Å². The molecule has 7 heteroatoms. The van der Waals surface area contributed by atoms with Crippen LogP contribution in [0.5, 0.6) is 0 Å². The third-order valence-electron chi connectivity index (χ3n) is 3.34. The maximum absolute atomic E-state index is 12.1. The number of rotatable bonds is 8. The van der Waals surface area contributed by atoms with Crippen molar-refractivity contribution in [1.29, 1.82) is 0 Å². The molecule has 2 aromatic rings. The molecule has 132 valence electrons. The summed E-state index contributed by atoms with van der Waals surface area (Å²) in [5.41, 5.74) is 7.67. The second kappa shape index (κ2) is 12.7. The molecule has 0 saturated carbocycles. The first kappa shape index (κ1) is 22.3. The number of carbonyl (C=O) groups is 1. The number of nitrogens with one attached hydrogen (secondary N) is 1. The van der Waals surface area contributed by atoms with E-state index in [1.807, 2.05) is 18.2 Å². The zero-order valence-corrected chi connectivity index (χ0v) is 15.1. The number of benzene rings is 1.